The third kappa shape index (κ3) is 2.92. The molecule has 0 bridgehead atoms. The van der Waals surface area contributed by atoms with Crippen LogP contribution >= 0.6 is 11.6 Å². The summed E-state index contributed by atoms with van der Waals surface area (Å²) < 4.78 is 0. The number of rotatable bonds is 3. The van der Waals surface area contributed by atoms with Crippen molar-refractivity contribution in [2.75, 3.05) is 13.1 Å². The lowest BCUT2D eigenvalue weighted by Gasteiger charge is -2.20. The summed E-state index contributed by atoms with van der Waals surface area (Å²) in [6.45, 7) is 6.88. The van der Waals surface area contributed by atoms with Crippen molar-refractivity contribution in [3.63, 3.8) is 0 Å². The first-order valence-electron chi connectivity index (χ1n) is 5.85. The maximum atomic E-state index is 5.83. The minimum Gasteiger partial charge on any atom is -0.301 e. The molecule has 1 aromatic heterocycles. The number of likely N-dealkylation sites (tertiary alicyclic amines) is 1. The first-order chi connectivity index (χ1) is 7.65. The van der Waals surface area contributed by atoms with E-state index in [-0.39, 0.29) is 0 Å². The van der Waals surface area contributed by atoms with Crippen LogP contribution in [0.4, 0.5) is 0 Å². The number of hydrogen-bond donors (Lipinski definition) is 0. The Morgan fingerprint density at radius 3 is 2.94 bits per heavy atom. The van der Waals surface area contributed by atoms with Gasteiger partial charge in [-0.25, -0.2) is 4.98 Å². The van der Waals surface area contributed by atoms with Gasteiger partial charge in [-0.15, -0.1) is 0 Å². The normalized spacial score (nSPS) is 21.9. The van der Waals surface area contributed by atoms with Crippen LogP contribution in [0.2, 0.25) is 5.15 Å². The van der Waals surface area contributed by atoms with Gasteiger partial charge >= 0.3 is 0 Å². The van der Waals surface area contributed by atoms with Crippen LogP contribution in [-0.4, -0.2) is 34.0 Å². The Morgan fingerprint density at radius 2 is 2.31 bits per heavy atom. The fourth-order valence-corrected chi connectivity index (χ4v) is 2.44. The molecular weight excluding hydrogens is 222 g/mol. The number of aromatic nitrogens is 2. The molecule has 1 aliphatic heterocycles. The van der Waals surface area contributed by atoms with Gasteiger partial charge in [0.15, 0.2) is 0 Å². The smallest absolute Gasteiger partial charge is 0.147 e. The minimum absolute atomic E-state index is 0.496. The first kappa shape index (κ1) is 11.8. The molecule has 0 amide bonds. The van der Waals surface area contributed by atoms with Crippen molar-refractivity contribution in [2.45, 2.75) is 32.7 Å². The van der Waals surface area contributed by atoms with Gasteiger partial charge in [0.25, 0.3) is 0 Å². The standard InChI is InChI=1S/C12H18ClN3/c1-9(2)16-4-3-10(8-16)5-11-6-14-7-12(13)15-11/h6-7,9-10H,3-5,8H2,1-2H3. The molecule has 1 unspecified atom stereocenters. The topological polar surface area (TPSA) is 29.0 Å². The minimum atomic E-state index is 0.496. The summed E-state index contributed by atoms with van der Waals surface area (Å²) in [6, 6.07) is 0.649. The van der Waals surface area contributed by atoms with Gasteiger partial charge in [0, 0.05) is 18.8 Å². The number of halogens is 1. The van der Waals surface area contributed by atoms with Crippen molar-refractivity contribution in [2.24, 2.45) is 5.92 Å². The van der Waals surface area contributed by atoms with E-state index in [9.17, 15) is 0 Å². The summed E-state index contributed by atoms with van der Waals surface area (Å²) in [4.78, 5) is 10.9. The van der Waals surface area contributed by atoms with Gasteiger partial charge in [0.2, 0.25) is 0 Å². The molecule has 2 rings (SSSR count). The second-order valence-electron chi connectivity index (χ2n) is 4.78. The second kappa shape index (κ2) is 5.11. The van der Waals surface area contributed by atoms with Crippen LogP contribution in [0.25, 0.3) is 0 Å². The van der Waals surface area contributed by atoms with E-state index >= 15 is 0 Å². The molecule has 1 fully saturated rings. The SMILES string of the molecule is CC(C)N1CCC(Cc2cncc(Cl)n2)C1. The van der Waals surface area contributed by atoms with E-state index in [0.29, 0.717) is 17.1 Å². The van der Waals surface area contributed by atoms with E-state index in [1.165, 1.54) is 19.5 Å². The highest BCUT2D eigenvalue weighted by atomic mass is 35.5. The van der Waals surface area contributed by atoms with Crippen LogP contribution < -0.4 is 0 Å². The molecule has 0 spiro atoms. The Kier molecular flexibility index (Phi) is 3.77. The van der Waals surface area contributed by atoms with E-state index in [1.807, 2.05) is 6.20 Å². The largest absolute Gasteiger partial charge is 0.301 e. The van der Waals surface area contributed by atoms with Crippen molar-refractivity contribution < 1.29 is 0 Å². The molecule has 4 heteroatoms. The summed E-state index contributed by atoms with van der Waals surface area (Å²) in [5, 5.41) is 0.496. The summed E-state index contributed by atoms with van der Waals surface area (Å²) in [7, 11) is 0. The third-order valence-corrected chi connectivity index (χ3v) is 3.38. The maximum absolute atomic E-state index is 5.83. The lowest BCUT2D eigenvalue weighted by molar-refractivity contribution is 0.264. The van der Waals surface area contributed by atoms with Crippen molar-refractivity contribution in [3.05, 3.63) is 23.2 Å². The fourth-order valence-electron chi connectivity index (χ4n) is 2.27. The average molecular weight is 240 g/mol. The molecule has 0 N–H and O–H groups in total. The predicted octanol–water partition coefficient (Wildman–Crippen LogP) is 2.40. The molecule has 2 heterocycles. The third-order valence-electron chi connectivity index (χ3n) is 3.20. The molecule has 1 aliphatic rings. The second-order valence-corrected chi connectivity index (χ2v) is 5.17. The van der Waals surface area contributed by atoms with Gasteiger partial charge in [-0.2, -0.15) is 0 Å². The van der Waals surface area contributed by atoms with Gasteiger partial charge in [-0.3, -0.25) is 4.98 Å². The predicted molar refractivity (Wildman–Crippen MR) is 65.6 cm³/mol. The Hall–Kier alpha value is -0.670. The van der Waals surface area contributed by atoms with Crippen LogP contribution in [-0.2, 0) is 6.42 Å². The van der Waals surface area contributed by atoms with Crippen molar-refractivity contribution >= 4 is 11.6 Å². The zero-order valence-corrected chi connectivity index (χ0v) is 10.6. The molecule has 0 aromatic carbocycles. The quantitative estimate of drug-likeness (QED) is 0.811. The van der Waals surface area contributed by atoms with Crippen LogP contribution in [0.3, 0.4) is 0 Å². The monoisotopic (exact) mass is 239 g/mol. The van der Waals surface area contributed by atoms with E-state index in [0.717, 1.165) is 12.1 Å². The molecule has 0 aliphatic carbocycles. The van der Waals surface area contributed by atoms with Crippen LogP contribution in [0, 0.1) is 5.92 Å². The van der Waals surface area contributed by atoms with Gasteiger partial charge in [-0.05, 0) is 39.2 Å². The number of hydrogen-bond acceptors (Lipinski definition) is 3. The molecule has 1 atom stereocenters. The van der Waals surface area contributed by atoms with Crippen molar-refractivity contribution in [1.29, 1.82) is 0 Å². The molecule has 3 nitrogen and oxygen atoms in total. The number of nitrogens with zero attached hydrogens (tertiary/aromatic N) is 3. The van der Waals surface area contributed by atoms with E-state index in [4.69, 9.17) is 11.6 Å². The van der Waals surface area contributed by atoms with E-state index in [2.05, 4.69) is 28.7 Å². The van der Waals surface area contributed by atoms with Crippen LogP contribution in [0.1, 0.15) is 26.0 Å². The fraction of sp³-hybridized carbons (Fsp3) is 0.667. The summed E-state index contributed by atoms with van der Waals surface area (Å²) in [5.74, 6) is 0.704. The lowest BCUT2D eigenvalue weighted by Crippen LogP contribution is -2.28. The Morgan fingerprint density at radius 1 is 1.50 bits per heavy atom. The molecule has 0 saturated carbocycles. The highest BCUT2D eigenvalue weighted by Gasteiger charge is 2.24. The highest BCUT2D eigenvalue weighted by molar-refractivity contribution is 6.29. The van der Waals surface area contributed by atoms with Gasteiger partial charge in [-0.1, -0.05) is 11.6 Å². The Bertz CT molecular complexity index is 354. The molecular formula is C12H18ClN3. The summed E-state index contributed by atoms with van der Waals surface area (Å²) in [5.41, 5.74) is 1.02. The van der Waals surface area contributed by atoms with Gasteiger partial charge in [0.05, 0.1) is 11.9 Å². The van der Waals surface area contributed by atoms with Crippen LogP contribution in [0.15, 0.2) is 12.4 Å². The first-order valence-corrected chi connectivity index (χ1v) is 6.23. The maximum Gasteiger partial charge on any atom is 0.147 e. The van der Waals surface area contributed by atoms with Crippen LogP contribution in [0.5, 0.6) is 0 Å². The van der Waals surface area contributed by atoms with Crippen molar-refractivity contribution in [1.82, 2.24) is 14.9 Å². The summed E-state index contributed by atoms with van der Waals surface area (Å²) in [6.07, 6.45) is 5.66. The Balaban J connectivity index is 1.92. The average Bonchev–Trinajstić information content (AvgIpc) is 2.66. The Labute approximate surface area is 102 Å². The summed E-state index contributed by atoms with van der Waals surface area (Å²) >= 11 is 5.83. The molecule has 0 radical (unpaired) electrons. The molecule has 16 heavy (non-hydrogen) atoms. The molecule has 88 valence electrons. The lowest BCUT2D eigenvalue weighted by atomic mass is 10.0. The zero-order valence-electron chi connectivity index (χ0n) is 9.86. The zero-order chi connectivity index (χ0) is 11.5. The van der Waals surface area contributed by atoms with E-state index < -0.39 is 0 Å². The van der Waals surface area contributed by atoms with Gasteiger partial charge in [0.1, 0.15) is 5.15 Å². The van der Waals surface area contributed by atoms with Gasteiger partial charge < -0.3 is 4.90 Å². The molecule has 1 saturated heterocycles. The molecule has 1 aromatic rings. The highest BCUT2D eigenvalue weighted by Crippen LogP contribution is 2.21. The van der Waals surface area contributed by atoms with Crippen molar-refractivity contribution in [3.8, 4) is 0 Å². The van der Waals surface area contributed by atoms with E-state index in [1.54, 1.807) is 6.20 Å².